The van der Waals surface area contributed by atoms with Gasteiger partial charge in [0.05, 0.1) is 6.54 Å². The Bertz CT molecular complexity index is 1090. The fourth-order valence-electron chi connectivity index (χ4n) is 5.29. The molecule has 2 aromatic rings. The number of hydrogen-bond acceptors (Lipinski definition) is 5. The Morgan fingerprint density at radius 3 is 2.48 bits per heavy atom. The molecule has 0 radical (unpaired) electrons. The van der Waals surface area contributed by atoms with Crippen molar-refractivity contribution in [1.82, 2.24) is 19.4 Å². The van der Waals surface area contributed by atoms with Crippen molar-refractivity contribution in [3.05, 3.63) is 40.6 Å². The second-order valence-electron chi connectivity index (χ2n) is 8.95. The first-order chi connectivity index (χ1) is 14.9. The molecule has 1 unspecified atom stereocenters. The van der Waals surface area contributed by atoms with Crippen molar-refractivity contribution in [3.8, 4) is 0 Å². The smallest absolute Gasteiger partial charge is 0.307 e. The standard InChI is InChI=1S/C22H29N5O3S/c1-26-11-4-7-17(26)14-27-12-10-20(24-27)31(29,30)25-22(28)23-21-18-8-2-5-15(18)13-16-6-3-9-19(16)21/h10,12-13,17H,2-9,11,14H2,1H3,(H2,23,25,28). The zero-order valence-electron chi connectivity index (χ0n) is 17.9. The van der Waals surface area contributed by atoms with Crippen molar-refractivity contribution in [3.63, 3.8) is 0 Å². The molecule has 1 aromatic carbocycles. The topological polar surface area (TPSA) is 96.3 Å². The lowest BCUT2D eigenvalue weighted by Gasteiger charge is -2.19. The van der Waals surface area contributed by atoms with Crippen molar-refractivity contribution in [2.45, 2.75) is 69.0 Å². The summed E-state index contributed by atoms with van der Waals surface area (Å²) in [4.78, 5) is 14.9. The van der Waals surface area contributed by atoms with Gasteiger partial charge < -0.3 is 10.2 Å². The summed E-state index contributed by atoms with van der Waals surface area (Å²) in [6.07, 6.45) is 9.90. The lowest BCUT2D eigenvalue weighted by Crippen LogP contribution is -2.35. The lowest BCUT2D eigenvalue weighted by molar-refractivity contribution is 0.256. The zero-order valence-corrected chi connectivity index (χ0v) is 18.7. The normalized spacial score (nSPS) is 20.6. The van der Waals surface area contributed by atoms with Crippen LogP contribution in [0.2, 0.25) is 0 Å². The van der Waals surface area contributed by atoms with Crippen molar-refractivity contribution >= 4 is 21.7 Å². The summed E-state index contributed by atoms with van der Waals surface area (Å²) in [6.45, 7) is 1.69. The third-order valence-electron chi connectivity index (χ3n) is 6.90. The molecule has 31 heavy (non-hydrogen) atoms. The third kappa shape index (κ3) is 3.96. The van der Waals surface area contributed by atoms with Crippen LogP contribution in [0.3, 0.4) is 0 Å². The van der Waals surface area contributed by atoms with E-state index in [1.54, 1.807) is 10.9 Å². The number of amides is 2. The predicted molar refractivity (Wildman–Crippen MR) is 118 cm³/mol. The number of nitrogens with zero attached hydrogens (tertiary/aromatic N) is 3. The number of likely N-dealkylation sites (tertiary alicyclic amines) is 1. The quantitative estimate of drug-likeness (QED) is 0.740. The number of carbonyl (C=O) groups excluding carboxylic acids is 1. The second kappa shape index (κ2) is 7.94. The summed E-state index contributed by atoms with van der Waals surface area (Å²) in [5.41, 5.74) is 5.73. The molecule has 9 heteroatoms. The van der Waals surface area contributed by atoms with Gasteiger partial charge in [-0.2, -0.15) is 13.5 Å². The van der Waals surface area contributed by atoms with Crippen LogP contribution in [0.1, 0.15) is 47.9 Å². The minimum atomic E-state index is -4.04. The van der Waals surface area contributed by atoms with E-state index in [0.717, 1.165) is 74.7 Å². The molecule has 1 aliphatic heterocycles. The van der Waals surface area contributed by atoms with Gasteiger partial charge in [-0.15, -0.1) is 0 Å². The molecule has 1 saturated heterocycles. The van der Waals surface area contributed by atoms with Gasteiger partial charge in [0.2, 0.25) is 0 Å². The number of fused-ring (bicyclic) bond motifs is 2. The number of benzene rings is 1. The summed E-state index contributed by atoms with van der Waals surface area (Å²) < 4.78 is 29.3. The van der Waals surface area contributed by atoms with Crippen molar-refractivity contribution in [2.75, 3.05) is 18.9 Å². The maximum atomic E-state index is 12.8. The first-order valence-corrected chi connectivity index (χ1v) is 12.6. The highest BCUT2D eigenvalue weighted by Crippen LogP contribution is 2.38. The van der Waals surface area contributed by atoms with Gasteiger partial charge in [-0.1, -0.05) is 6.07 Å². The molecule has 5 rings (SSSR count). The molecule has 166 valence electrons. The molecule has 8 nitrogen and oxygen atoms in total. The minimum absolute atomic E-state index is 0.133. The molecule has 2 amide bonds. The summed E-state index contributed by atoms with van der Waals surface area (Å²) in [5, 5.41) is 6.95. The highest BCUT2D eigenvalue weighted by Gasteiger charge is 2.27. The minimum Gasteiger partial charge on any atom is -0.307 e. The van der Waals surface area contributed by atoms with Crippen LogP contribution in [0.15, 0.2) is 23.4 Å². The Hall–Kier alpha value is -2.39. The van der Waals surface area contributed by atoms with Crippen LogP contribution >= 0.6 is 0 Å². The van der Waals surface area contributed by atoms with Crippen LogP contribution in [0.25, 0.3) is 0 Å². The van der Waals surface area contributed by atoms with Gasteiger partial charge in [0.25, 0.3) is 10.0 Å². The SMILES string of the molecule is CN1CCCC1Cn1ccc(S(=O)(=O)NC(=O)Nc2c3c(cc4c2CCC4)CCC3)n1. The molecule has 3 aliphatic rings. The molecular formula is C22H29N5O3S. The first-order valence-electron chi connectivity index (χ1n) is 11.1. The second-order valence-corrected chi connectivity index (χ2v) is 10.6. The van der Waals surface area contributed by atoms with Gasteiger partial charge in [0, 0.05) is 17.9 Å². The predicted octanol–water partition coefficient (Wildman–Crippen LogP) is 2.47. The van der Waals surface area contributed by atoms with E-state index in [2.05, 4.69) is 33.2 Å². The van der Waals surface area contributed by atoms with Crippen LogP contribution in [0.5, 0.6) is 0 Å². The number of aromatic nitrogens is 2. The Labute approximate surface area is 183 Å². The van der Waals surface area contributed by atoms with Gasteiger partial charge in [-0.3, -0.25) is 4.68 Å². The number of nitrogens with one attached hydrogen (secondary N) is 2. The maximum Gasteiger partial charge on any atom is 0.333 e. The molecule has 1 aromatic heterocycles. The highest BCUT2D eigenvalue weighted by atomic mass is 32.2. The molecule has 2 aliphatic carbocycles. The Morgan fingerprint density at radius 2 is 1.84 bits per heavy atom. The largest absolute Gasteiger partial charge is 0.333 e. The summed E-state index contributed by atoms with van der Waals surface area (Å²) >= 11 is 0. The van der Waals surface area contributed by atoms with E-state index in [1.165, 1.54) is 17.2 Å². The Morgan fingerprint density at radius 1 is 1.13 bits per heavy atom. The van der Waals surface area contributed by atoms with Crippen LogP contribution in [-0.4, -0.2) is 48.8 Å². The number of hydrogen-bond donors (Lipinski definition) is 2. The molecule has 2 heterocycles. The fraction of sp³-hybridized carbons (Fsp3) is 0.545. The van der Waals surface area contributed by atoms with E-state index in [-0.39, 0.29) is 5.03 Å². The van der Waals surface area contributed by atoms with E-state index in [1.807, 2.05) is 0 Å². The molecule has 1 fully saturated rings. The van der Waals surface area contributed by atoms with Gasteiger partial charge in [-0.25, -0.2) is 9.52 Å². The average molecular weight is 444 g/mol. The van der Waals surface area contributed by atoms with Crippen LogP contribution in [-0.2, 0) is 42.3 Å². The molecule has 0 bridgehead atoms. The average Bonchev–Trinajstić information content (AvgIpc) is 3.49. The van der Waals surface area contributed by atoms with Crippen LogP contribution in [0, 0.1) is 0 Å². The molecule has 1 atom stereocenters. The fourth-order valence-corrected chi connectivity index (χ4v) is 6.15. The lowest BCUT2D eigenvalue weighted by atomic mass is 9.99. The van der Waals surface area contributed by atoms with E-state index < -0.39 is 16.1 Å². The summed E-state index contributed by atoms with van der Waals surface area (Å²) in [7, 11) is -1.97. The Kier molecular flexibility index (Phi) is 5.26. The van der Waals surface area contributed by atoms with E-state index in [4.69, 9.17) is 0 Å². The van der Waals surface area contributed by atoms with Gasteiger partial charge in [0.1, 0.15) is 0 Å². The van der Waals surface area contributed by atoms with E-state index >= 15 is 0 Å². The number of carbonyl (C=O) groups is 1. The van der Waals surface area contributed by atoms with Crippen LogP contribution in [0.4, 0.5) is 10.5 Å². The van der Waals surface area contributed by atoms with Crippen LogP contribution < -0.4 is 10.0 Å². The number of urea groups is 1. The van der Waals surface area contributed by atoms with Crippen molar-refractivity contribution < 1.29 is 13.2 Å². The summed E-state index contributed by atoms with van der Waals surface area (Å²) in [5.74, 6) is 0. The van der Waals surface area contributed by atoms with Crippen molar-refractivity contribution in [1.29, 1.82) is 0 Å². The zero-order chi connectivity index (χ0) is 21.6. The molecule has 2 N–H and O–H groups in total. The number of anilines is 1. The first kappa shape index (κ1) is 20.5. The van der Waals surface area contributed by atoms with E-state index in [9.17, 15) is 13.2 Å². The van der Waals surface area contributed by atoms with Gasteiger partial charge in [0.15, 0.2) is 5.03 Å². The van der Waals surface area contributed by atoms with E-state index in [0.29, 0.717) is 12.6 Å². The summed E-state index contributed by atoms with van der Waals surface area (Å²) in [6, 6.07) is 3.36. The molecular weight excluding hydrogens is 414 g/mol. The number of rotatable bonds is 5. The number of aryl methyl sites for hydroxylation is 2. The van der Waals surface area contributed by atoms with Gasteiger partial charge >= 0.3 is 6.03 Å². The monoisotopic (exact) mass is 443 g/mol. The maximum absolute atomic E-state index is 12.8. The van der Waals surface area contributed by atoms with Crippen molar-refractivity contribution in [2.24, 2.45) is 0 Å². The number of sulfonamides is 1. The third-order valence-corrected chi connectivity index (χ3v) is 8.12. The number of likely N-dealkylation sites (N-methyl/N-ethyl adjacent to an activating group) is 1. The Balaban J connectivity index is 1.30. The molecule has 0 saturated carbocycles. The highest BCUT2D eigenvalue weighted by molar-refractivity contribution is 7.90. The van der Waals surface area contributed by atoms with Gasteiger partial charge in [-0.05, 0) is 93.3 Å². The molecule has 0 spiro atoms.